The average Bonchev–Trinajstić information content (AvgIpc) is 2.97. The molecule has 7 heteroatoms. The van der Waals surface area contributed by atoms with Crippen LogP contribution in [0.15, 0.2) is 22.8 Å². The van der Waals surface area contributed by atoms with Gasteiger partial charge in [0.1, 0.15) is 5.76 Å². The van der Waals surface area contributed by atoms with Crippen molar-refractivity contribution < 1.29 is 19.1 Å². The zero-order chi connectivity index (χ0) is 15.2. The molecule has 0 spiro atoms. The van der Waals surface area contributed by atoms with E-state index >= 15 is 0 Å². The third-order valence-corrected chi connectivity index (χ3v) is 3.58. The van der Waals surface area contributed by atoms with Crippen molar-refractivity contribution in [1.82, 2.24) is 14.7 Å². The Morgan fingerprint density at radius 1 is 1.33 bits per heavy atom. The highest BCUT2D eigenvalue weighted by molar-refractivity contribution is 5.74. The van der Waals surface area contributed by atoms with Gasteiger partial charge in [0, 0.05) is 39.8 Å². The fourth-order valence-electron chi connectivity index (χ4n) is 2.36. The Balaban J connectivity index is 1.76. The number of amides is 2. The highest BCUT2D eigenvalue weighted by Gasteiger charge is 2.24. The van der Waals surface area contributed by atoms with E-state index in [1.54, 1.807) is 29.2 Å². The van der Waals surface area contributed by atoms with Crippen molar-refractivity contribution >= 4 is 12.0 Å². The number of hydrogen-bond donors (Lipinski definition) is 1. The van der Waals surface area contributed by atoms with Gasteiger partial charge in [-0.05, 0) is 12.1 Å². The van der Waals surface area contributed by atoms with E-state index < -0.39 is 5.97 Å². The van der Waals surface area contributed by atoms with Gasteiger partial charge in [-0.1, -0.05) is 0 Å². The van der Waals surface area contributed by atoms with Crippen LogP contribution in [0.25, 0.3) is 0 Å². The largest absolute Gasteiger partial charge is 0.481 e. The summed E-state index contributed by atoms with van der Waals surface area (Å²) < 4.78 is 5.24. The lowest BCUT2D eigenvalue weighted by Crippen LogP contribution is -2.52. The summed E-state index contributed by atoms with van der Waals surface area (Å²) in [5.74, 6) is -0.0300. The van der Waals surface area contributed by atoms with E-state index in [0.29, 0.717) is 39.3 Å². The van der Waals surface area contributed by atoms with Crippen LogP contribution in [0.4, 0.5) is 4.79 Å². The lowest BCUT2D eigenvalue weighted by molar-refractivity contribution is -0.137. The number of carboxylic acid groups (broad SMARTS) is 1. The second kappa shape index (κ2) is 7.12. The summed E-state index contributed by atoms with van der Waals surface area (Å²) in [4.78, 5) is 28.3. The maximum atomic E-state index is 12.3. The van der Waals surface area contributed by atoms with Gasteiger partial charge in [0.05, 0.1) is 19.2 Å². The van der Waals surface area contributed by atoms with Crippen LogP contribution in [-0.4, -0.2) is 71.6 Å². The molecule has 0 aliphatic carbocycles. The van der Waals surface area contributed by atoms with E-state index in [9.17, 15) is 9.59 Å². The second-order valence-electron chi connectivity index (χ2n) is 5.19. The molecule has 2 heterocycles. The van der Waals surface area contributed by atoms with E-state index in [1.165, 1.54) is 0 Å². The topological polar surface area (TPSA) is 77.2 Å². The molecule has 0 bridgehead atoms. The fourth-order valence-corrected chi connectivity index (χ4v) is 2.36. The van der Waals surface area contributed by atoms with Crippen molar-refractivity contribution in [3.05, 3.63) is 24.2 Å². The first-order valence-corrected chi connectivity index (χ1v) is 7.03. The first-order chi connectivity index (χ1) is 10.1. The van der Waals surface area contributed by atoms with Gasteiger partial charge in [-0.2, -0.15) is 0 Å². The van der Waals surface area contributed by atoms with E-state index in [-0.39, 0.29) is 12.5 Å². The number of carbonyl (C=O) groups is 2. The van der Waals surface area contributed by atoms with E-state index in [1.807, 2.05) is 6.07 Å². The standard InChI is InChI=1S/C14H21N3O4/c1-15(11-12-3-2-10-21-12)14(20)17-8-6-16(7-9-17)5-4-13(18)19/h2-3,10H,4-9,11H2,1H3,(H,18,19). The summed E-state index contributed by atoms with van der Waals surface area (Å²) in [5.41, 5.74) is 0. The number of piperazine rings is 1. The molecule has 7 nitrogen and oxygen atoms in total. The van der Waals surface area contributed by atoms with Gasteiger partial charge in [0.15, 0.2) is 0 Å². The van der Waals surface area contributed by atoms with Gasteiger partial charge in [0.2, 0.25) is 0 Å². The van der Waals surface area contributed by atoms with Crippen molar-refractivity contribution in [3.63, 3.8) is 0 Å². The van der Waals surface area contributed by atoms with Crippen LogP contribution in [0.2, 0.25) is 0 Å². The summed E-state index contributed by atoms with van der Waals surface area (Å²) in [5, 5.41) is 8.67. The highest BCUT2D eigenvalue weighted by Crippen LogP contribution is 2.09. The van der Waals surface area contributed by atoms with Gasteiger partial charge in [-0.3, -0.25) is 9.69 Å². The normalized spacial score (nSPS) is 16.0. The summed E-state index contributed by atoms with van der Waals surface area (Å²) in [6, 6.07) is 3.62. The second-order valence-corrected chi connectivity index (χ2v) is 5.19. The van der Waals surface area contributed by atoms with Gasteiger partial charge in [-0.15, -0.1) is 0 Å². The molecule has 0 radical (unpaired) electrons. The monoisotopic (exact) mass is 295 g/mol. The van der Waals surface area contributed by atoms with Crippen LogP contribution in [0.3, 0.4) is 0 Å². The number of carbonyl (C=O) groups excluding carboxylic acids is 1. The molecular weight excluding hydrogens is 274 g/mol. The SMILES string of the molecule is CN(Cc1ccco1)C(=O)N1CCN(CCC(=O)O)CC1. The molecular formula is C14H21N3O4. The number of rotatable bonds is 5. The Morgan fingerprint density at radius 2 is 2.05 bits per heavy atom. The van der Waals surface area contributed by atoms with Crippen LogP contribution < -0.4 is 0 Å². The Hall–Kier alpha value is -2.02. The number of urea groups is 1. The molecule has 116 valence electrons. The molecule has 0 unspecified atom stereocenters. The molecule has 21 heavy (non-hydrogen) atoms. The van der Waals surface area contributed by atoms with Crippen molar-refractivity contribution in [2.45, 2.75) is 13.0 Å². The minimum atomic E-state index is -0.785. The summed E-state index contributed by atoms with van der Waals surface area (Å²) in [6.45, 7) is 3.67. The molecule has 1 saturated heterocycles. The molecule has 2 amide bonds. The molecule has 0 aromatic carbocycles. The minimum absolute atomic E-state index is 0.0238. The molecule has 1 aromatic rings. The first-order valence-electron chi connectivity index (χ1n) is 7.03. The van der Waals surface area contributed by atoms with Crippen LogP contribution in [-0.2, 0) is 11.3 Å². The van der Waals surface area contributed by atoms with Crippen molar-refractivity contribution in [2.75, 3.05) is 39.8 Å². The van der Waals surface area contributed by atoms with Crippen LogP contribution in [0, 0.1) is 0 Å². The Bertz CT molecular complexity index is 467. The third kappa shape index (κ3) is 4.49. The van der Waals surface area contributed by atoms with Crippen molar-refractivity contribution in [2.24, 2.45) is 0 Å². The zero-order valence-electron chi connectivity index (χ0n) is 12.2. The highest BCUT2D eigenvalue weighted by atomic mass is 16.4. The number of aliphatic carboxylic acids is 1. The molecule has 1 fully saturated rings. The fraction of sp³-hybridized carbons (Fsp3) is 0.571. The van der Waals surface area contributed by atoms with E-state index in [0.717, 1.165) is 5.76 Å². The first kappa shape index (κ1) is 15.4. The minimum Gasteiger partial charge on any atom is -0.481 e. The molecule has 1 aromatic heterocycles. The maximum Gasteiger partial charge on any atom is 0.320 e. The summed E-state index contributed by atoms with van der Waals surface area (Å²) in [6.07, 6.45) is 1.74. The number of furan rings is 1. The van der Waals surface area contributed by atoms with E-state index in [2.05, 4.69) is 4.90 Å². The molecule has 0 atom stereocenters. The average molecular weight is 295 g/mol. The van der Waals surface area contributed by atoms with E-state index in [4.69, 9.17) is 9.52 Å². The number of hydrogen-bond acceptors (Lipinski definition) is 4. The predicted molar refractivity (Wildman–Crippen MR) is 75.8 cm³/mol. The molecule has 1 aliphatic heterocycles. The lowest BCUT2D eigenvalue weighted by atomic mass is 10.3. The Labute approximate surface area is 123 Å². The number of nitrogens with zero attached hydrogens (tertiary/aromatic N) is 3. The van der Waals surface area contributed by atoms with Crippen molar-refractivity contribution in [1.29, 1.82) is 0 Å². The smallest absolute Gasteiger partial charge is 0.320 e. The molecule has 2 rings (SSSR count). The molecule has 1 N–H and O–H groups in total. The van der Waals surface area contributed by atoms with Crippen molar-refractivity contribution in [3.8, 4) is 0 Å². The lowest BCUT2D eigenvalue weighted by Gasteiger charge is -2.36. The summed E-state index contributed by atoms with van der Waals surface area (Å²) >= 11 is 0. The molecule has 0 saturated carbocycles. The third-order valence-electron chi connectivity index (χ3n) is 3.58. The molecule has 1 aliphatic rings. The Kier molecular flexibility index (Phi) is 5.21. The van der Waals surface area contributed by atoms with Crippen LogP contribution in [0.5, 0.6) is 0 Å². The maximum absolute atomic E-state index is 12.3. The zero-order valence-corrected chi connectivity index (χ0v) is 12.2. The number of carboxylic acids is 1. The van der Waals surface area contributed by atoms with Gasteiger partial charge in [-0.25, -0.2) is 4.79 Å². The summed E-state index contributed by atoms with van der Waals surface area (Å²) in [7, 11) is 1.75. The van der Waals surface area contributed by atoms with Gasteiger partial charge >= 0.3 is 12.0 Å². The van der Waals surface area contributed by atoms with Crippen LogP contribution in [0.1, 0.15) is 12.2 Å². The van der Waals surface area contributed by atoms with Crippen LogP contribution >= 0.6 is 0 Å². The Morgan fingerprint density at radius 3 is 2.62 bits per heavy atom. The van der Waals surface area contributed by atoms with Gasteiger partial charge in [0.25, 0.3) is 0 Å². The predicted octanol–water partition coefficient (Wildman–Crippen LogP) is 0.924. The quantitative estimate of drug-likeness (QED) is 0.874. The van der Waals surface area contributed by atoms with Gasteiger partial charge < -0.3 is 19.3 Å².